The number of carbonyl (C=O) groups is 1. The Bertz CT molecular complexity index is 1080. The lowest BCUT2D eigenvalue weighted by molar-refractivity contribution is -0.122. The smallest absolute Gasteiger partial charge is 0.242 e. The van der Waals surface area contributed by atoms with E-state index in [1.54, 1.807) is 17.4 Å². The molecule has 4 rings (SSSR count). The molecule has 0 saturated carbocycles. The summed E-state index contributed by atoms with van der Waals surface area (Å²) in [5.41, 5.74) is 2.16. The Hall–Kier alpha value is -3.30. The number of methoxy groups -OCH3 is 1. The first kappa shape index (κ1) is 21.9. The molecule has 0 bridgehead atoms. The summed E-state index contributed by atoms with van der Waals surface area (Å²) >= 11 is 1.35. The molecule has 0 radical (unpaired) electrons. The van der Waals surface area contributed by atoms with Crippen molar-refractivity contribution in [2.24, 2.45) is 0 Å². The molecule has 4 N–H and O–H groups in total. The van der Waals surface area contributed by atoms with E-state index < -0.39 is 12.1 Å². The van der Waals surface area contributed by atoms with Crippen molar-refractivity contribution in [1.29, 1.82) is 0 Å². The van der Waals surface area contributed by atoms with E-state index in [9.17, 15) is 20.1 Å². The minimum Gasteiger partial charge on any atom is -0.508 e. The number of carbonyl (C=O) groups excluding carboxylic acids is 1. The summed E-state index contributed by atoms with van der Waals surface area (Å²) in [6, 6.07) is 11.4. The molecule has 2 atom stereocenters. The van der Waals surface area contributed by atoms with Crippen LogP contribution in [0.3, 0.4) is 0 Å². The van der Waals surface area contributed by atoms with Gasteiger partial charge in [-0.25, -0.2) is 4.98 Å². The van der Waals surface area contributed by atoms with Gasteiger partial charge in [-0.2, -0.15) is 0 Å². The van der Waals surface area contributed by atoms with Crippen LogP contribution in [0.5, 0.6) is 17.2 Å². The van der Waals surface area contributed by atoms with Crippen molar-refractivity contribution >= 4 is 22.4 Å². The van der Waals surface area contributed by atoms with Gasteiger partial charge in [0.25, 0.3) is 0 Å². The summed E-state index contributed by atoms with van der Waals surface area (Å²) < 4.78 is 5.35. The molecule has 1 saturated heterocycles. The van der Waals surface area contributed by atoms with E-state index in [0.29, 0.717) is 42.3 Å². The summed E-state index contributed by atoms with van der Waals surface area (Å²) in [7, 11) is 1.62. The third kappa shape index (κ3) is 4.79. The van der Waals surface area contributed by atoms with Crippen molar-refractivity contribution < 1.29 is 24.9 Å². The molecule has 0 aliphatic carbocycles. The number of aromatic hydroxyl groups is 2. The number of aliphatic hydroxyl groups is 1. The molecular formula is C23H25N3O5S. The number of ether oxygens (including phenoxy) is 1. The monoisotopic (exact) mass is 455 g/mol. The number of rotatable bonds is 7. The molecule has 1 aromatic heterocycles. The molecule has 0 spiro atoms. The van der Waals surface area contributed by atoms with Crippen LogP contribution < -0.4 is 15.0 Å². The van der Waals surface area contributed by atoms with E-state index in [0.717, 1.165) is 11.3 Å². The molecule has 1 unspecified atom stereocenters. The zero-order valence-electron chi connectivity index (χ0n) is 17.6. The summed E-state index contributed by atoms with van der Waals surface area (Å²) in [5.74, 6) is 0.507. The first-order valence-electron chi connectivity index (χ1n) is 10.3. The highest BCUT2D eigenvalue weighted by molar-refractivity contribution is 7.14. The van der Waals surface area contributed by atoms with Crippen LogP contribution in [0.25, 0.3) is 11.3 Å². The van der Waals surface area contributed by atoms with Crippen LogP contribution in [-0.2, 0) is 11.2 Å². The fourth-order valence-electron chi connectivity index (χ4n) is 3.89. The number of phenols is 2. The van der Waals surface area contributed by atoms with Gasteiger partial charge in [0.1, 0.15) is 23.3 Å². The minimum atomic E-state index is -0.628. The van der Waals surface area contributed by atoms with Gasteiger partial charge < -0.3 is 30.3 Å². The Morgan fingerprint density at radius 2 is 2.00 bits per heavy atom. The van der Waals surface area contributed by atoms with Crippen LogP contribution >= 0.6 is 11.3 Å². The van der Waals surface area contributed by atoms with Gasteiger partial charge in [-0.1, -0.05) is 18.2 Å². The maximum Gasteiger partial charge on any atom is 0.242 e. The first-order chi connectivity index (χ1) is 15.4. The zero-order chi connectivity index (χ0) is 22.7. The van der Waals surface area contributed by atoms with Crippen LogP contribution in [-0.4, -0.2) is 58.6 Å². The van der Waals surface area contributed by atoms with Gasteiger partial charge in [-0.3, -0.25) is 4.79 Å². The van der Waals surface area contributed by atoms with Gasteiger partial charge in [0.05, 0.1) is 18.9 Å². The average molecular weight is 456 g/mol. The molecule has 1 aliphatic rings. The summed E-state index contributed by atoms with van der Waals surface area (Å²) in [6.07, 6.45) is 0.326. The molecule has 2 heterocycles. The molecule has 8 nitrogen and oxygen atoms in total. The van der Waals surface area contributed by atoms with Crippen LogP contribution in [0.1, 0.15) is 12.0 Å². The van der Waals surface area contributed by atoms with E-state index in [4.69, 9.17) is 4.74 Å². The van der Waals surface area contributed by atoms with Crippen molar-refractivity contribution in [1.82, 2.24) is 10.3 Å². The highest BCUT2D eigenvalue weighted by Crippen LogP contribution is 2.34. The number of aliphatic hydroxyl groups excluding tert-OH is 1. The van der Waals surface area contributed by atoms with Crippen molar-refractivity contribution in [3.8, 4) is 28.5 Å². The third-order valence-corrected chi connectivity index (χ3v) is 6.28. The van der Waals surface area contributed by atoms with Gasteiger partial charge in [-0.05, 0) is 30.2 Å². The number of hydrogen-bond acceptors (Lipinski definition) is 8. The van der Waals surface area contributed by atoms with Gasteiger partial charge >= 0.3 is 0 Å². The molecule has 1 amide bonds. The maximum absolute atomic E-state index is 12.9. The molecule has 2 aromatic carbocycles. The predicted octanol–water partition coefficient (Wildman–Crippen LogP) is 2.53. The number of thiazole rings is 1. The number of β-amino-alcohol motifs (C(OH)–C–C–N with tert-alkyl or cyclic N) is 1. The Kier molecular flexibility index (Phi) is 6.48. The predicted molar refractivity (Wildman–Crippen MR) is 122 cm³/mol. The van der Waals surface area contributed by atoms with Gasteiger partial charge in [0.2, 0.25) is 5.91 Å². The number of nitrogens with one attached hydrogen (secondary N) is 1. The maximum atomic E-state index is 12.9. The fourth-order valence-corrected chi connectivity index (χ4v) is 4.79. The number of phenolic OH excluding ortho intramolecular Hbond substituents is 2. The number of aromatic nitrogens is 1. The lowest BCUT2D eigenvalue weighted by Gasteiger charge is -2.23. The number of amides is 1. The van der Waals surface area contributed by atoms with E-state index in [-0.39, 0.29) is 17.4 Å². The second-order valence-electron chi connectivity index (χ2n) is 7.66. The van der Waals surface area contributed by atoms with Crippen molar-refractivity contribution in [2.75, 3.05) is 25.1 Å². The lowest BCUT2D eigenvalue weighted by atomic mass is 10.1. The van der Waals surface area contributed by atoms with Crippen LogP contribution in [0, 0.1) is 0 Å². The molecule has 3 aromatic rings. The first-order valence-corrected chi connectivity index (χ1v) is 11.2. The number of benzene rings is 2. The van der Waals surface area contributed by atoms with Crippen LogP contribution in [0.2, 0.25) is 0 Å². The van der Waals surface area contributed by atoms with E-state index in [2.05, 4.69) is 10.3 Å². The normalized spacial score (nSPS) is 18.0. The number of anilines is 1. The Morgan fingerprint density at radius 1 is 1.25 bits per heavy atom. The molecule has 32 heavy (non-hydrogen) atoms. The zero-order valence-corrected chi connectivity index (χ0v) is 18.4. The molecule has 168 valence electrons. The molecule has 1 aliphatic heterocycles. The van der Waals surface area contributed by atoms with E-state index in [1.807, 2.05) is 24.3 Å². The van der Waals surface area contributed by atoms with Crippen molar-refractivity contribution in [3.05, 3.63) is 53.4 Å². The second-order valence-corrected chi connectivity index (χ2v) is 8.50. The average Bonchev–Trinajstić information content (AvgIpc) is 3.40. The number of para-hydroxylation sites is 1. The summed E-state index contributed by atoms with van der Waals surface area (Å²) in [5, 5.41) is 35.0. The van der Waals surface area contributed by atoms with Crippen molar-refractivity contribution in [3.63, 3.8) is 0 Å². The largest absolute Gasteiger partial charge is 0.508 e. The number of hydrogen-bond donors (Lipinski definition) is 4. The van der Waals surface area contributed by atoms with Crippen molar-refractivity contribution in [2.45, 2.75) is 25.0 Å². The van der Waals surface area contributed by atoms with E-state index >= 15 is 0 Å². The molecular weight excluding hydrogens is 430 g/mol. The Morgan fingerprint density at radius 3 is 2.75 bits per heavy atom. The van der Waals surface area contributed by atoms with Gasteiger partial charge in [-0.15, -0.1) is 11.3 Å². The minimum absolute atomic E-state index is 0.0570. The fraction of sp³-hybridized carbons (Fsp3) is 0.304. The van der Waals surface area contributed by atoms with Gasteiger partial charge in [0, 0.05) is 36.5 Å². The highest BCUT2D eigenvalue weighted by Gasteiger charge is 2.37. The van der Waals surface area contributed by atoms with Crippen LogP contribution in [0.15, 0.2) is 47.8 Å². The summed E-state index contributed by atoms with van der Waals surface area (Å²) in [6.45, 7) is 0.758. The van der Waals surface area contributed by atoms with Gasteiger partial charge in [0.15, 0.2) is 5.13 Å². The second kappa shape index (κ2) is 9.46. The SMILES string of the molecule is COc1ccccc1CCNC(=O)[C@@H]1CC(O)CN1c1nc(-c2cc(O)cc(O)c2)cs1. The lowest BCUT2D eigenvalue weighted by Crippen LogP contribution is -2.44. The summed E-state index contributed by atoms with van der Waals surface area (Å²) in [4.78, 5) is 19.3. The number of nitrogens with zero attached hydrogens (tertiary/aromatic N) is 2. The quantitative estimate of drug-likeness (QED) is 0.433. The molecule has 1 fully saturated rings. The van der Waals surface area contributed by atoms with E-state index in [1.165, 1.54) is 29.5 Å². The molecule has 9 heteroatoms. The topological polar surface area (TPSA) is 115 Å². The standard InChI is InChI=1S/C23H25N3O5S/c1-31-21-5-3-2-4-14(21)6-7-24-22(30)20-11-18(29)12-26(20)23-25-19(13-32-23)15-8-16(27)10-17(28)9-15/h2-5,8-10,13,18,20,27-29H,6-7,11-12H2,1H3,(H,24,30)/t18?,20-/m0/s1. The third-order valence-electron chi connectivity index (χ3n) is 5.40. The highest BCUT2D eigenvalue weighted by atomic mass is 32.1. The Labute approximate surface area is 189 Å². The Balaban J connectivity index is 1.44. The van der Waals surface area contributed by atoms with Crippen LogP contribution in [0.4, 0.5) is 5.13 Å².